The van der Waals surface area contributed by atoms with E-state index in [0.29, 0.717) is 54.1 Å². The average molecular weight is 458 g/mol. The van der Waals surface area contributed by atoms with Crippen LogP contribution in [-0.2, 0) is 4.79 Å². The van der Waals surface area contributed by atoms with E-state index in [1.165, 1.54) is 0 Å². The highest BCUT2D eigenvalue weighted by Gasteiger charge is 2.26. The molecule has 1 aliphatic carbocycles. The summed E-state index contributed by atoms with van der Waals surface area (Å²) in [4.78, 5) is 35.6. The summed E-state index contributed by atoms with van der Waals surface area (Å²) in [7, 11) is 0. The lowest BCUT2D eigenvalue weighted by Crippen LogP contribution is -2.27. The number of benzene rings is 2. The maximum Gasteiger partial charge on any atom is 0.306 e. The number of ether oxygens (including phenoxy) is 1. The van der Waals surface area contributed by atoms with Crippen LogP contribution in [-0.4, -0.2) is 35.4 Å². The first-order valence-corrected chi connectivity index (χ1v) is 11.3. The largest absolute Gasteiger partial charge is 0.490 e. The fourth-order valence-electron chi connectivity index (χ4n) is 3.77. The summed E-state index contributed by atoms with van der Waals surface area (Å²) in [5.74, 6) is -0.520. The summed E-state index contributed by atoms with van der Waals surface area (Å²) in [5.41, 5.74) is 2.01. The van der Waals surface area contributed by atoms with Gasteiger partial charge < -0.3 is 15.2 Å². The van der Waals surface area contributed by atoms with Crippen LogP contribution < -0.4 is 10.1 Å². The number of amides is 1. The van der Waals surface area contributed by atoms with Gasteiger partial charge in [0.2, 0.25) is 0 Å². The number of rotatable bonds is 9. The summed E-state index contributed by atoms with van der Waals surface area (Å²) in [6.45, 7) is 2.27. The molecule has 2 N–H and O–H groups in total. The Balaban J connectivity index is 1.39. The van der Waals surface area contributed by atoms with E-state index >= 15 is 0 Å². The minimum Gasteiger partial charge on any atom is -0.490 e. The van der Waals surface area contributed by atoms with E-state index in [4.69, 9.17) is 21.4 Å². The van der Waals surface area contributed by atoms with E-state index in [0.717, 1.165) is 18.4 Å². The molecular weight excluding hydrogens is 430 g/mol. The van der Waals surface area contributed by atoms with Crippen LogP contribution in [0, 0.1) is 12.8 Å². The molecule has 0 atom stereocenters. The van der Waals surface area contributed by atoms with Gasteiger partial charge in [0, 0.05) is 29.1 Å². The lowest BCUT2D eigenvalue weighted by atomic mass is 9.87. The van der Waals surface area contributed by atoms with Gasteiger partial charge in [-0.25, -0.2) is 0 Å². The van der Waals surface area contributed by atoms with Crippen molar-refractivity contribution in [1.82, 2.24) is 5.32 Å². The number of carbonyl (C=O) groups excluding carboxylic acids is 2. The summed E-state index contributed by atoms with van der Waals surface area (Å²) in [5, 5.41) is 12.4. The summed E-state index contributed by atoms with van der Waals surface area (Å²) in [6, 6.07) is 12.2. The van der Waals surface area contributed by atoms with Crippen LogP contribution in [0.1, 0.15) is 64.8 Å². The van der Waals surface area contributed by atoms with Crippen molar-refractivity contribution >= 4 is 29.3 Å². The number of hydrogen-bond donors (Lipinski definition) is 2. The highest BCUT2D eigenvalue weighted by molar-refractivity contribution is 6.31. The normalized spacial score (nSPS) is 18.1. The first-order chi connectivity index (χ1) is 15.3. The maximum absolute atomic E-state index is 12.4. The second kappa shape index (κ2) is 11.1. The van der Waals surface area contributed by atoms with E-state index in [1.807, 2.05) is 6.92 Å². The first-order valence-electron chi connectivity index (χ1n) is 10.9. The monoisotopic (exact) mass is 457 g/mol. The number of hydrogen-bond acceptors (Lipinski definition) is 4. The van der Waals surface area contributed by atoms with Gasteiger partial charge in [0.25, 0.3) is 5.91 Å². The quantitative estimate of drug-likeness (QED) is 0.405. The average Bonchev–Trinajstić information content (AvgIpc) is 2.79. The molecule has 0 aliphatic heterocycles. The Kier molecular flexibility index (Phi) is 8.28. The minimum atomic E-state index is -0.731. The van der Waals surface area contributed by atoms with Crippen LogP contribution >= 0.6 is 11.6 Å². The van der Waals surface area contributed by atoms with Gasteiger partial charge >= 0.3 is 5.97 Å². The number of ketones is 1. The molecule has 3 rings (SSSR count). The fourth-order valence-corrected chi connectivity index (χ4v) is 3.95. The molecule has 1 aliphatic rings. The van der Waals surface area contributed by atoms with Gasteiger partial charge in [-0.1, -0.05) is 17.7 Å². The predicted octanol–water partition coefficient (Wildman–Crippen LogP) is 5.06. The number of carboxylic acids is 1. The van der Waals surface area contributed by atoms with Crippen molar-refractivity contribution in [2.45, 2.75) is 51.6 Å². The zero-order valence-corrected chi connectivity index (χ0v) is 18.9. The lowest BCUT2D eigenvalue weighted by Gasteiger charge is -2.26. The predicted molar refractivity (Wildman–Crippen MR) is 123 cm³/mol. The van der Waals surface area contributed by atoms with Crippen molar-refractivity contribution in [3.8, 4) is 5.75 Å². The van der Waals surface area contributed by atoms with Gasteiger partial charge in [-0.2, -0.15) is 0 Å². The van der Waals surface area contributed by atoms with E-state index < -0.39 is 5.97 Å². The number of Topliss-reactive ketones (excluding diaryl/α,β-unsaturated/α-hetero) is 1. The molecule has 1 amide bonds. The van der Waals surface area contributed by atoms with Gasteiger partial charge in [0.05, 0.1) is 12.0 Å². The maximum atomic E-state index is 12.4. The van der Waals surface area contributed by atoms with Gasteiger partial charge in [-0.15, -0.1) is 0 Å². The van der Waals surface area contributed by atoms with Crippen LogP contribution in [0.2, 0.25) is 5.02 Å². The molecule has 0 heterocycles. The number of nitrogens with one attached hydrogen (secondary N) is 1. The van der Waals surface area contributed by atoms with Gasteiger partial charge in [-0.3, -0.25) is 14.4 Å². The zero-order valence-electron chi connectivity index (χ0n) is 18.1. The molecule has 2 aromatic rings. The number of halogens is 1. The lowest BCUT2D eigenvalue weighted by molar-refractivity contribution is -0.143. The van der Waals surface area contributed by atoms with E-state index in [1.54, 1.807) is 42.5 Å². The topological polar surface area (TPSA) is 92.7 Å². The number of carbonyl (C=O) groups is 3. The van der Waals surface area contributed by atoms with Crippen LogP contribution in [0.5, 0.6) is 5.75 Å². The van der Waals surface area contributed by atoms with Crippen LogP contribution in [0.15, 0.2) is 42.5 Å². The molecule has 0 aromatic heterocycles. The molecular formula is C25H28ClNO5. The number of aliphatic carboxylic acids is 1. The fraction of sp³-hybridized carbons (Fsp3) is 0.400. The number of aryl methyl sites for hydroxylation is 1. The Bertz CT molecular complexity index is 965. The second-order valence-corrected chi connectivity index (χ2v) is 8.61. The van der Waals surface area contributed by atoms with Crippen molar-refractivity contribution in [2.24, 2.45) is 5.92 Å². The van der Waals surface area contributed by atoms with E-state index in [2.05, 4.69) is 5.32 Å². The van der Waals surface area contributed by atoms with Crippen molar-refractivity contribution in [1.29, 1.82) is 0 Å². The Labute approximate surface area is 192 Å². The SMILES string of the molecule is Cc1ccc(C(=O)NCCCC(=O)c2ccc(OC3CCC(C(=O)O)CC3)cc2)cc1Cl. The molecule has 32 heavy (non-hydrogen) atoms. The third kappa shape index (κ3) is 6.57. The van der Waals surface area contributed by atoms with Gasteiger partial charge in [-0.05, 0) is 81.0 Å². The second-order valence-electron chi connectivity index (χ2n) is 8.20. The van der Waals surface area contributed by atoms with Crippen molar-refractivity contribution in [2.75, 3.05) is 6.54 Å². The molecule has 0 radical (unpaired) electrons. The summed E-state index contributed by atoms with van der Waals surface area (Å²) < 4.78 is 5.94. The highest BCUT2D eigenvalue weighted by Crippen LogP contribution is 2.28. The third-order valence-corrected chi connectivity index (χ3v) is 6.21. The first kappa shape index (κ1) is 23.8. The smallest absolute Gasteiger partial charge is 0.306 e. The molecule has 170 valence electrons. The van der Waals surface area contributed by atoms with Crippen molar-refractivity contribution in [3.05, 3.63) is 64.2 Å². The molecule has 1 fully saturated rings. The minimum absolute atomic E-state index is 0.00569. The van der Waals surface area contributed by atoms with Crippen molar-refractivity contribution < 1.29 is 24.2 Å². The summed E-state index contributed by atoms with van der Waals surface area (Å²) in [6.07, 6.45) is 3.58. The van der Waals surface area contributed by atoms with Crippen molar-refractivity contribution in [3.63, 3.8) is 0 Å². The zero-order chi connectivity index (χ0) is 23.1. The van der Waals surface area contributed by atoms with E-state index in [9.17, 15) is 14.4 Å². The third-order valence-electron chi connectivity index (χ3n) is 5.80. The number of carboxylic acid groups (broad SMARTS) is 1. The molecule has 7 heteroatoms. The Morgan fingerprint density at radius 3 is 2.31 bits per heavy atom. The molecule has 1 saturated carbocycles. The molecule has 2 aromatic carbocycles. The summed E-state index contributed by atoms with van der Waals surface area (Å²) >= 11 is 6.06. The van der Waals surface area contributed by atoms with E-state index in [-0.39, 0.29) is 23.7 Å². The molecule has 0 saturated heterocycles. The molecule has 0 unspecified atom stereocenters. The molecule has 6 nitrogen and oxygen atoms in total. The standard InChI is InChI=1S/C25H28ClNO5/c1-16-4-5-19(15-22(16)26)24(29)27-14-2-3-23(28)17-6-10-20(11-7-17)32-21-12-8-18(9-13-21)25(30)31/h4-7,10-11,15,18,21H,2-3,8-9,12-14H2,1H3,(H,27,29)(H,30,31). The van der Waals surface area contributed by atoms with Gasteiger partial charge in [0.15, 0.2) is 5.78 Å². The Hall–Kier alpha value is -2.86. The van der Waals surface area contributed by atoms with Crippen LogP contribution in [0.25, 0.3) is 0 Å². The van der Waals surface area contributed by atoms with Crippen LogP contribution in [0.3, 0.4) is 0 Å². The Morgan fingerprint density at radius 2 is 1.69 bits per heavy atom. The molecule has 0 bridgehead atoms. The molecule has 0 spiro atoms. The Morgan fingerprint density at radius 1 is 1.03 bits per heavy atom. The van der Waals surface area contributed by atoms with Crippen LogP contribution in [0.4, 0.5) is 0 Å². The highest BCUT2D eigenvalue weighted by atomic mass is 35.5. The van der Waals surface area contributed by atoms with Gasteiger partial charge in [0.1, 0.15) is 5.75 Å².